The maximum absolute atomic E-state index is 11.3. The van der Waals surface area contributed by atoms with Crippen LogP contribution in [0.5, 0.6) is 0 Å². The van der Waals surface area contributed by atoms with E-state index in [1.807, 2.05) is 0 Å². The van der Waals surface area contributed by atoms with Crippen LogP contribution in [0.2, 0.25) is 0 Å². The largest absolute Gasteiger partial charge is 0.399 e. The summed E-state index contributed by atoms with van der Waals surface area (Å²) in [6, 6.07) is 0. The topological polar surface area (TPSA) is 86.5 Å². The first-order chi connectivity index (χ1) is 6.20. The molecule has 0 aromatic rings. The predicted molar refractivity (Wildman–Crippen MR) is 43.9 cm³/mol. The molecule has 13 heavy (non-hydrogen) atoms. The fraction of sp³-hybridized carbons (Fsp3) is 0.500. The molecule has 0 radical (unpaired) electrons. The zero-order valence-electron chi connectivity index (χ0n) is 7.26. The van der Waals surface area contributed by atoms with Crippen LogP contribution >= 0.6 is 0 Å². The lowest BCUT2D eigenvalue weighted by Gasteiger charge is -2.09. The molecule has 0 saturated heterocycles. The Balaban J connectivity index is 2.71. The van der Waals surface area contributed by atoms with E-state index in [-0.39, 0.29) is 0 Å². The van der Waals surface area contributed by atoms with Gasteiger partial charge in [-0.05, 0) is 6.92 Å². The highest BCUT2D eigenvalue weighted by Gasteiger charge is 2.31. The van der Waals surface area contributed by atoms with Crippen molar-refractivity contribution in [3.63, 3.8) is 0 Å². The van der Waals surface area contributed by atoms with E-state index in [1.54, 1.807) is 12.5 Å². The van der Waals surface area contributed by atoms with Crippen LogP contribution in [0.1, 0.15) is 6.92 Å². The van der Waals surface area contributed by atoms with Crippen LogP contribution in [0.15, 0.2) is 10.3 Å². The zero-order chi connectivity index (χ0) is 9.84. The summed E-state index contributed by atoms with van der Waals surface area (Å²) in [7, 11) is 1.39. The summed E-state index contributed by atoms with van der Waals surface area (Å²) in [5.74, 6) is -0.972. The van der Waals surface area contributed by atoms with Crippen molar-refractivity contribution in [1.82, 2.24) is 10.7 Å². The third-order valence-corrected chi connectivity index (χ3v) is 1.59. The number of oxime groups is 1. The second-order valence-corrected chi connectivity index (χ2v) is 2.41. The molecular formula is C6H10N4O3. The van der Waals surface area contributed by atoms with Crippen LogP contribution in [0.4, 0.5) is 0 Å². The minimum atomic E-state index is -0.570. The summed E-state index contributed by atoms with van der Waals surface area (Å²) in [6.07, 6.45) is 1.36. The number of rotatable bonds is 3. The van der Waals surface area contributed by atoms with Gasteiger partial charge in [-0.2, -0.15) is 5.10 Å². The molecule has 7 heteroatoms. The Bertz CT molecular complexity index is 263. The molecule has 1 unspecified atom stereocenters. The van der Waals surface area contributed by atoms with Crippen LogP contribution in [-0.4, -0.2) is 35.3 Å². The van der Waals surface area contributed by atoms with Gasteiger partial charge in [0, 0.05) is 6.21 Å². The summed E-state index contributed by atoms with van der Waals surface area (Å²) >= 11 is 0. The Hall–Kier alpha value is -1.47. The number of nitrogens with one attached hydrogen (secondary N) is 1. The van der Waals surface area contributed by atoms with E-state index in [2.05, 4.69) is 15.1 Å². The smallest absolute Gasteiger partial charge is 0.273 e. The van der Waals surface area contributed by atoms with Crippen molar-refractivity contribution in [2.24, 2.45) is 16.2 Å². The number of hydrazone groups is 1. The molecule has 72 valence electrons. The van der Waals surface area contributed by atoms with E-state index in [1.165, 1.54) is 13.3 Å². The van der Waals surface area contributed by atoms with Gasteiger partial charge in [-0.15, -0.1) is 5.12 Å². The fourth-order valence-electron chi connectivity index (χ4n) is 0.948. The number of hydrogen-bond acceptors (Lipinski definition) is 6. The molecule has 0 aliphatic carbocycles. The molecule has 1 aliphatic heterocycles. The molecule has 0 aromatic heterocycles. The average Bonchev–Trinajstić information content (AvgIpc) is 2.47. The van der Waals surface area contributed by atoms with Gasteiger partial charge in [-0.25, -0.2) is 0 Å². The first kappa shape index (κ1) is 9.62. The second kappa shape index (κ2) is 3.97. The molecule has 1 rings (SSSR count). The Kier molecular flexibility index (Phi) is 2.93. The zero-order valence-corrected chi connectivity index (χ0v) is 7.26. The summed E-state index contributed by atoms with van der Waals surface area (Å²) < 4.78 is 0. The standard InChI is InChI=1S/C6H10N4O3/c1-4(8-13-2)5-3-7-10(9-12)6(5)11/h3,5,9,12H,1-2H3. The van der Waals surface area contributed by atoms with Crippen molar-refractivity contribution in [2.75, 3.05) is 7.11 Å². The quantitative estimate of drug-likeness (QED) is 0.452. The monoisotopic (exact) mass is 186 g/mol. The molecule has 1 aliphatic rings. The van der Waals surface area contributed by atoms with Crippen LogP contribution in [-0.2, 0) is 9.63 Å². The van der Waals surface area contributed by atoms with E-state index < -0.39 is 11.8 Å². The van der Waals surface area contributed by atoms with Gasteiger partial charge >= 0.3 is 0 Å². The fourth-order valence-corrected chi connectivity index (χ4v) is 0.948. The van der Waals surface area contributed by atoms with Crippen LogP contribution in [0.25, 0.3) is 0 Å². The molecule has 7 nitrogen and oxygen atoms in total. The first-order valence-electron chi connectivity index (χ1n) is 3.56. The minimum Gasteiger partial charge on any atom is -0.399 e. The first-order valence-corrected chi connectivity index (χ1v) is 3.56. The van der Waals surface area contributed by atoms with Crippen molar-refractivity contribution < 1.29 is 14.8 Å². The van der Waals surface area contributed by atoms with Crippen LogP contribution < -0.4 is 5.59 Å². The molecule has 1 atom stereocenters. The van der Waals surface area contributed by atoms with Crippen molar-refractivity contribution in [2.45, 2.75) is 6.92 Å². The Labute approximate surface area is 74.6 Å². The molecule has 0 fully saturated rings. The number of carbonyl (C=O) groups excluding carboxylic acids is 1. The van der Waals surface area contributed by atoms with Crippen LogP contribution in [0.3, 0.4) is 0 Å². The third-order valence-electron chi connectivity index (χ3n) is 1.59. The molecular weight excluding hydrogens is 176 g/mol. The number of amides is 1. The van der Waals surface area contributed by atoms with Gasteiger partial charge in [0.05, 0.1) is 5.71 Å². The molecule has 1 amide bonds. The Morgan fingerprint density at radius 3 is 3.08 bits per heavy atom. The SMILES string of the molecule is CON=C(C)C1C=NN(NO)C1=O. The summed E-state index contributed by atoms with van der Waals surface area (Å²) in [6.45, 7) is 1.64. The summed E-state index contributed by atoms with van der Waals surface area (Å²) in [5.41, 5.74) is 2.11. The van der Waals surface area contributed by atoms with Crippen molar-refractivity contribution in [3.8, 4) is 0 Å². The van der Waals surface area contributed by atoms with E-state index in [0.717, 1.165) is 5.12 Å². The van der Waals surface area contributed by atoms with Gasteiger partial charge in [0.15, 0.2) is 0 Å². The summed E-state index contributed by atoms with van der Waals surface area (Å²) in [5, 5.41) is 16.3. The van der Waals surface area contributed by atoms with Crippen molar-refractivity contribution in [3.05, 3.63) is 0 Å². The van der Waals surface area contributed by atoms with Gasteiger partial charge in [-0.1, -0.05) is 10.7 Å². The van der Waals surface area contributed by atoms with Gasteiger partial charge in [0.2, 0.25) is 0 Å². The number of hydrazine groups is 1. The Morgan fingerprint density at radius 2 is 2.62 bits per heavy atom. The second-order valence-electron chi connectivity index (χ2n) is 2.41. The third kappa shape index (κ3) is 1.82. The Morgan fingerprint density at radius 1 is 1.92 bits per heavy atom. The van der Waals surface area contributed by atoms with Crippen LogP contribution in [0, 0.1) is 5.92 Å². The predicted octanol–water partition coefficient (Wildman–Crippen LogP) is -0.653. The molecule has 2 N–H and O–H groups in total. The number of hydrogen-bond donors (Lipinski definition) is 2. The lowest BCUT2D eigenvalue weighted by molar-refractivity contribution is -0.143. The summed E-state index contributed by atoms with van der Waals surface area (Å²) in [4.78, 5) is 15.8. The molecule has 1 heterocycles. The van der Waals surface area contributed by atoms with Gasteiger partial charge < -0.3 is 4.84 Å². The van der Waals surface area contributed by atoms with E-state index >= 15 is 0 Å². The van der Waals surface area contributed by atoms with E-state index in [9.17, 15) is 4.79 Å². The molecule has 0 saturated carbocycles. The van der Waals surface area contributed by atoms with Gasteiger partial charge in [0.25, 0.3) is 5.91 Å². The normalized spacial score (nSPS) is 22.7. The minimum absolute atomic E-state index is 0.402. The highest BCUT2D eigenvalue weighted by Crippen LogP contribution is 2.09. The van der Waals surface area contributed by atoms with E-state index in [0.29, 0.717) is 5.71 Å². The molecule has 0 bridgehead atoms. The maximum Gasteiger partial charge on any atom is 0.273 e. The van der Waals surface area contributed by atoms with Crippen molar-refractivity contribution >= 4 is 17.8 Å². The van der Waals surface area contributed by atoms with E-state index in [4.69, 9.17) is 5.21 Å². The van der Waals surface area contributed by atoms with Crippen molar-refractivity contribution in [1.29, 1.82) is 0 Å². The maximum atomic E-state index is 11.3. The lowest BCUT2D eigenvalue weighted by atomic mass is 10.1. The molecule has 0 spiro atoms. The average molecular weight is 186 g/mol. The van der Waals surface area contributed by atoms with Gasteiger partial charge in [0.1, 0.15) is 13.0 Å². The highest BCUT2D eigenvalue weighted by atomic mass is 16.6. The van der Waals surface area contributed by atoms with Gasteiger partial charge in [-0.3, -0.25) is 10.0 Å². The highest BCUT2D eigenvalue weighted by molar-refractivity contribution is 6.16. The lowest BCUT2D eigenvalue weighted by Crippen LogP contribution is -2.37. The number of nitrogens with zero attached hydrogens (tertiary/aromatic N) is 3. The number of carbonyl (C=O) groups is 1. The molecule has 0 aromatic carbocycles.